The number of nitrogens with one attached hydrogen (secondary N) is 2. The zero-order chi connectivity index (χ0) is 15.6. The summed E-state index contributed by atoms with van der Waals surface area (Å²) in [5, 5.41) is 3.21. The average Bonchev–Trinajstić information content (AvgIpc) is 3.24. The molecule has 2 N–H and O–H groups in total. The number of anilines is 1. The molecular weight excluding hydrogens is 312 g/mol. The molecule has 8 heteroatoms. The Labute approximate surface area is 134 Å². The van der Waals surface area contributed by atoms with Crippen molar-refractivity contribution < 1.29 is 4.79 Å². The van der Waals surface area contributed by atoms with Gasteiger partial charge in [0.05, 0.1) is 17.4 Å². The van der Waals surface area contributed by atoms with Gasteiger partial charge in [-0.15, -0.1) is 0 Å². The van der Waals surface area contributed by atoms with Gasteiger partial charge in [-0.2, -0.15) is 9.36 Å². The summed E-state index contributed by atoms with van der Waals surface area (Å²) in [5.41, 5.74) is 3.02. The van der Waals surface area contributed by atoms with Crippen molar-refractivity contribution in [2.45, 2.75) is 0 Å². The van der Waals surface area contributed by atoms with Gasteiger partial charge in [0.15, 0.2) is 5.82 Å². The van der Waals surface area contributed by atoms with Gasteiger partial charge in [-0.3, -0.25) is 15.1 Å². The third kappa shape index (κ3) is 2.67. The number of benzene rings is 1. The van der Waals surface area contributed by atoms with Crippen LogP contribution in [0.25, 0.3) is 22.4 Å². The maximum Gasteiger partial charge on any atom is 0.257 e. The van der Waals surface area contributed by atoms with Crippen LogP contribution in [0, 0.1) is 0 Å². The second-order valence-corrected chi connectivity index (χ2v) is 5.50. The van der Waals surface area contributed by atoms with Gasteiger partial charge >= 0.3 is 0 Å². The standard InChI is InChI=1S/C15H10N6OS/c22-14(10-1-2-11-12(7-10)18-8-17-11)20-15-19-13(21-23-15)9-3-5-16-6-4-9/h1-8H,(H,17,18)(H,19,20,21,22). The van der Waals surface area contributed by atoms with E-state index in [1.165, 1.54) is 0 Å². The maximum absolute atomic E-state index is 12.3. The van der Waals surface area contributed by atoms with Crippen LogP contribution in [0.1, 0.15) is 10.4 Å². The van der Waals surface area contributed by atoms with Crippen molar-refractivity contribution in [1.29, 1.82) is 0 Å². The minimum atomic E-state index is -0.237. The summed E-state index contributed by atoms with van der Waals surface area (Å²) >= 11 is 1.14. The lowest BCUT2D eigenvalue weighted by molar-refractivity contribution is 0.102. The molecule has 4 aromatic rings. The first-order valence-electron chi connectivity index (χ1n) is 6.78. The number of imidazole rings is 1. The van der Waals surface area contributed by atoms with E-state index in [2.05, 4.69) is 29.6 Å². The molecule has 0 bridgehead atoms. The van der Waals surface area contributed by atoms with Crippen LogP contribution in [0.15, 0.2) is 49.1 Å². The molecule has 23 heavy (non-hydrogen) atoms. The highest BCUT2D eigenvalue weighted by molar-refractivity contribution is 7.10. The van der Waals surface area contributed by atoms with Crippen LogP contribution >= 0.6 is 11.5 Å². The second kappa shape index (κ2) is 5.58. The van der Waals surface area contributed by atoms with E-state index in [9.17, 15) is 4.79 Å². The Kier molecular flexibility index (Phi) is 3.28. The predicted molar refractivity (Wildman–Crippen MR) is 87.2 cm³/mol. The van der Waals surface area contributed by atoms with Crippen LogP contribution in [0.3, 0.4) is 0 Å². The Morgan fingerprint density at radius 2 is 2.04 bits per heavy atom. The number of fused-ring (bicyclic) bond motifs is 1. The van der Waals surface area contributed by atoms with Crippen LogP contribution in [0.4, 0.5) is 5.13 Å². The van der Waals surface area contributed by atoms with Crippen molar-refractivity contribution in [2.75, 3.05) is 5.32 Å². The first kappa shape index (κ1) is 13.5. The van der Waals surface area contributed by atoms with Crippen LogP contribution < -0.4 is 5.32 Å². The van der Waals surface area contributed by atoms with Crippen molar-refractivity contribution in [3.63, 3.8) is 0 Å². The van der Waals surface area contributed by atoms with Gasteiger partial charge in [-0.1, -0.05) is 0 Å². The van der Waals surface area contributed by atoms with E-state index in [0.717, 1.165) is 28.1 Å². The zero-order valence-electron chi connectivity index (χ0n) is 11.7. The van der Waals surface area contributed by atoms with Gasteiger partial charge in [0.1, 0.15) is 0 Å². The molecule has 3 aromatic heterocycles. The summed E-state index contributed by atoms with van der Waals surface area (Å²) in [6.07, 6.45) is 4.94. The van der Waals surface area contributed by atoms with Gasteiger partial charge in [0.25, 0.3) is 5.91 Å². The molecule has 0 unspecified atom stereocenters. The van der Waals surface area contributed by atoms with E-state index in [0.29, 0.717) is 16.5 Å². The summed E-state index contributed by atoms with van der Waals surface area (Å²) in [5.74, 6) is 0.329. The van der Waals surface area contributed by atoms with E-state index >= 15 is 0 Å². The zero-order valence-corrected chi connectivity index (χ0v) is 12.5. The van der Waals surface area contributed by atoms with Gasteiger partial charge < -0.3 is 4.98 Å². The molecule has 112 valence electrons. The van der Waals surface area contributed by atoms with E-state index in [4.69, 9.17) is 0 Å². The number of aromatic amines is 1. The number of amides is 1. The number of rotatable bonds is 3. The molecular formula is C15H10N6OS. The molecule has 0 aliphatic heterocycles. The lowest BCUT2D eigenvalue weighted by Crippen LogP contribution is -2.11. The fourth-order valence-corrected chi connectivity index (χ4v) is 2.72. The third-order valence-corrected chi connectivity index (χ3v) is 3.90. The monoisotopic (exact) mass is 322 g/mol. The first-order valence-corrected chi connectivity index (χ1v) is 7.55. The molecule has 0 fully saturated rings. The molecule has 4 rings (SSSR count). The summed E-state index contributed by atoms with van der Waals surface area (Å²) in [7, 11) is 0. The quantitative estimate of drug-likeness (QED) is 0.604. The minimum absolute atomic E-state index is 0.237. The third-order valence-electron chi connectivity index (χ3n) is 3.27. The topological polar surface area (TPSA) is 96.5 Å². The normalized spacial score (nSPS) is 10.8. The number of H-pyrrole nitrogens is 1. The molecule has 0 atom stereocenters. The van der Waals surface area contributed by atoms with Gasteiger partial charge in [0.2, 0.25) is 5.13 Å². The Hall–Kier alpha value is -3.13. The smallest absolute Gasteiger partial charge is 0.257 e. The molecule has 3 heterocycles. The number of pyridine rings is 1. The van der Waals surface area contributed by atoms with Crippen molar-refractivity contribution in [3.8, 4) is 11.4 Å². The van der Waals surface area contributed by atoms with Gasteiger partial charge in [-0.05, 0) is 30.3 Å². The Bertz CT molecular complexity index is 978. The first-order chi connectivity index (χ1) is 11.3. The van der Waals surface area contributed by atoms with Crippen molar-refractivity contribution in [1.82, 2.24) is 24.3 Å². The van der Waals surface area contributed by atoms with Crippen LogP contribution in [-0.4, -0.2) is 30.2 Å². The number of hydrogen-bond donors (Lipinski definition) is 2. The number of hydrogen-bond acceptors (Lipinski definition) is 6. The number of aromatic nitrogens is 5. The van der Waals surface area contributed by atoms with Crippen LogP contribution in [-0.2, 0) is 0 Å². The largest absolute Gasteiger partial charge is 0.345 e. The Balaban J connectivity index is 1.55. The maximum atomic E-state index is 12.3. The van der Waals surface area contributed by atoms with Gasteiger partial charge in [-0.25, -0.2) is 4.98 Å². The van der Waals surface area contributed by atoms with E-state index < -0.39 is 0 Å². The van der Waals surface area contributed by atoms with Crippen LogP contribution in [0.5, 0.6) is 0 Å². The SMILES string of the molecule is O=C(Nc1nc(-c2ccncc2)ns1)c1ccc2nc[nH]c2c1. The van der Waals surface area contributed by atoms with Gasteiger partial charge in [0, 0.05) is 35.1 Å². The van der Waals surface area contributed by atoms with Crippen molar-refractivity contribution >= 4 is 33.6 Å². The fraction of sp³-hybridized carbons (Fsp3) is 0. The number of carbonyl (C=O) groups is 1. The number of nitrogens with zero attached hydrogens (tertiary/aromatic N) is 4. The highest BCUT2D eigenvalue weighted by Crippen LogP contribution is 2.21. The minimum Gasteiger partial charge on any atom is -0.345 e. The summed E-state index contributed by atoms with van der Waals surface area (Å²) < 4.78 is 4.25. The van der Waals surface area contributed by atoms with E-state index in [1.807, 2.05) is 12.1 Å². The molecule has 0 saturated carbocycles. The number of carbonyl (C=O) groups excluding carboxylic acids is 1. The Morgan fingerprint density at radius 3 is 2.91 bits per heavy atom. The summed E-state index contributed by atoms with van der Waals surface area (Å²) in [6, 6.07) is 8.91. The molecule has 0 aliphatic rings. The second-order valence-electron chi connectivity index (χ2n) is 4.75. The molecule has 1 amide bonds. The lowest BCUT2D eigenvalue weighted by Gasteiger charge is -2.01. The molecule has 0 aliphatic carbocycles. The Morgan fingerprint density at radius 1 is 1.17 bits per heavy atom. The highest BCUT2D eigenvalue weighted by atomic mass is 32.1. The van der Waals surface area contributed by atoms with Crippen molar-refractivity contribution in [3.05, 3.63) is 54.6 Å². The van der Waals surface area contributed by atoms with Crippen molar-refractivity contribution in [2.24, 2.45) is 0 Å². The molecule has 0 radical (unpaired) electrons. The van der Waals surface area contributed by atoms with E-state index in [1.54, 1.807) is 36.9 Å². The molecule has 7 nitrogen and oxygen atoms in total. The summed E-state index contributed by atoms with van der Waals surface area (Å²) in [4.78, 5) is 27.7. The summed E-state index contributed by atoms with van der Waals surface area (Å²) in [6.45, 7) is 0. The fourth-order valence-electron chi connectivity index (χ4n) is 2.14. The molecule has 0 spiro atoms. The highest BCUT2D eigenvalue weighted by Gasteiger charge is 2.12. The average molecular weight is 322 g/mol. The molecule has 1 aromatic carbocycles. The van der Waals surface area contributed by atoms with E-state index in [-0.39, 0.29) is 5.91 Å². The molecule has 0 saturated heterocycles. The lowest BCUT2D eigenvalue weighted by atomic mass is 10.2. The van der Waals surface area contributed by atoms with Crippen LogP contribution in [0.2, 0.25) is 0 Å². The predicted octanol–water partition coefficient (Wildman–Crippen LogP) is 2.73.